The van der Waals surface area contributed by atoms with Crippen molar-refractivity contribution in [2.45, 2.75) is 24.4 Å². The van der Waals surface area contributed by atoms with E-state index in [1.54, 1.807) is 18.5 Å². The molecule has 2 bridgehead atoms. The molecule has 0 radical (unpaired) electrons. The minimum absolute atomic E-state index is 0.0165. The molecule has 16 heavy (non-hydrogen) atoms. The summed E-state index contributed by atoms with van der Waals surface area (Å²) in [6, 6.07) is 2.14. The second-order valence-electron chi connectivity index (χ2n) is 4.49. The number of carbonyl (C=O) groups excluding carboxylic acids is 1. The normalized spacial score (nSPS) is 32.6. The summed E-state index contributed by atoms with van der Waals surface area (Å²) in [5.74, 6) is 0.335. The molecular formula is C11H14N4O. The Morgan fingerprint density at radius 2 is 2.25 bits per heavy atom. The van der Waals surface area contributed by atoms with Crippen LogP contribution in [0.1, 0.15) is 23.5 Å². The van der Waals surface area contributed by atoms with E-state index in [0.29, 0.717) is 18.4 Å². The minimum Gasteiger partial charge on any atom is -0.313 e. The molecule has 5 nitrogen and oxygen atoms in total. The Labute approximate surface area is 93.7 Å². The molecule has 2 saturated heterocycles. The minimum atomic E-state index is -0.468. The van der Waals surface area contributed by atoms with E-state index in [-0.39, 0.29) is 5.78 Å². The molecule has 0 saturated carbocycles. The molecule has 3 heterocycles. The number of rotatable bonds is 2. The number of hydrogen-bond acceptors (Lipinski definition) is 5. The lowest BCUT2D eigenvalue weighted by Gasteiger charge is -2.33. The highest BCUT2D eigenvalue weighted by molar-refractivity contribution is 6.01. The second-order valence-corrected chi connectivity index (χ2v) is 4.49. The van der Waals surface area contributed by atoms with E-state index in [1.807, 2.05) is 0 Å². The number of fused-ring (bicyclic) bond motifs is 2. The van der Waals surface area contributed by atoms with E-state index >= 15 is 0 Å². The number of nitrogens with one attached hydrogen (secondary N) is 2. The Morgan fingerprint density at radius 3 is 3.06 bits per heavy atom. The third kappa shape index (κ3) is 1.44. The first-order valence-electron chi connectivity index (χ1n) is 5.60. The molecule has 2 atom stereocenters. The van der Waals surface area contributed by atoms with E-state index in [0.717, 1.165) is 19.4 Å². The van der Waals surface area contributed by atoms with Crippen LogP contribution in [0.2, 0.25) is 0 Å². The summed E-state index contributed by atoms with van der Waals surface area (Å²) >= 11 is 0. The lowest BCUT2D eigenvalue weighted by molar-refractivity contribution is 0.0836. The Morgan fingerprint density at radius 1 is 1.44 bits per heavy atom. The zero-order valence-corrected chi connectivity index (χ0v) is 8.94. The van der Waals surface area contributed by atoms with Gasteiger partial charge in [-0.3, -0.25) is 10.1 Å². The van der Waals surface area contributed by atoms with Crippen LogP contribution in [-0.2, 0) is 0 Å². The Hall–Kier alpha value is -1.33. The van der Waals surface area contributed by atoms with Crippen molar-refractivity contribution >= 4 is 5.78 Å². The molecule has 2 aliphatic heterocycles. The van der Waals surface area contributed by atoms with Crippen molar-refractivity contribution in [1.29, 1.82) is 0 Å². The lowest BCUT2D eigenvalue weighted by atomic mass is 9.91. The number of Topliss-reactive ketones (excluding diaryl/α,β-unsaturated/α-hetero) is 1. The fourth-order valence-corrected chi connectivity index (χ4v) is 2.60. The van der Waals surface area contributed by atoms with Gasteiger partial charge >= 0.3 is 0 Å². The van der Waals surface area contributed by atoms with Gasteiger partial charge < -0.3 is 5.32 Å². The first kappa shape index (κ1) is 9.86. The first-order chi connectivity index (χ1) is 7.80. The largest absolute Gasteiger partial charge is 0.313 e. The van der Waals surface area contributed by atoms with Gasteiger partial charge in [0.2, 0.25) is 5.78 Å². The van der Waals surface area contributed by atoms with Gasteiger partial charge in [0.15, 0.2) is 5.82 Å². The number of piperazine rings is 1. The SMILES string of the molecule is O=C(c1ncccn1)C12CCC(CNC1)N2. The number of nitrogens with zero attached hydrogens (tertiary/aromatic N) is 2. The summed E-state index contributed by atoms with van der Waals surface area (Å²) in [7, 11) is 0. The van der Waals surface area contributed by atoms with Gasteiger partial charge in [-0.2, -0.15) is 0 Å². The molecule has 0 spiro atoms. The van der Waals surface area contributed by atoms with Crippen LogP contribution in [0.4, 0.5) is 0 Å². The topological polar surface area (TPSA) is 66.9 Å². The smallest absolute Gasteiger partial charge is 0.221 e. The molecule has 5 heteroatoms. The number of carbonyl (C=O) groups is 1. The standard InChI is InChI=1S/C11H14N4O/c16-9(10-13-4-1-5-14-10)11-3-2-8(15-11)6-12-7-11/h1,4-5,8,12,15H,2-3,6-7H2. The molecular weight excluding hydrogens is 204 g/mol. The number of ketones is 1. The summed E-state index contributed by atoms with van der Waals surface area (Å²) in [5, 5.41) is 6.71. The van der Waals surface area contributed by atoms with Crippen molar-refractivity contribution in [3.05, 3.63) is 24.3 Å². The van der Waals surface area contributed by atoms with Crippen LogP contribution in [0.3, 0.4) is 0 Å². The van der Waals surface area contributed by atoms with Crippen LogP contribution in [0.5, 0.6) is 0 Å². The predicted octanol–water partition coefficient (Wildman–Crippen LogP) is -0.247. The van der Waals surface area contributed by atoms with Crippen LogP contribution in [0.25, 0.3) is 0 Å². The Balaban J connectivity index is 1.90. The van der Waals surface area contributed by atoms with Crippen molar-refractivity contribution in [1.82, 2.24) is 20.6 Å². The van der Waals surface area contributed by atoms with Gasteiger partial charge in [0.1, 0.15) is 0 Å². The van der Waals surface area contributed by atoms with Crippen molar-refractivity contribution in [2.24, 2.45) is 0 Å². The molecule has 0 aromatic carbocycles. The van der Waals surface area contributed by atoms with E-state index in [4.69, 9.17) is 0 Å². The number of aromatic nitrogens is 2. The monoisotopic (exact) mass is 218 g/mol. The van der Waals surface area contributed by atoms with Crippen LogP contribution < -0.4 is 10.6 Å². The first-order valence-corrected chi connectivity index (χ1v) is 5.60. The molecule has 3 rings (SSSR count). The van der Waals surface area contributed by atoms with Gasteiger partial charge in [0.05, 0.1) is 5.54 Å². The summed E-state index contributed by atoms with van der Waals surface area (Å²) in [6.07, 6.45) is 5.15. The summed E-state index contributed by atoms with van der Waals surface area (Å²) in [6.45, 7) is 1.63. The van der Waals surface area contributed by atoms with Crippen molar-refractivity contribution in [3.8, 4) is 0 Å². The third-order valence-corrected chi connectivity index (χ3v) is 3.42. The number of hydrogen-bond donors (Lipinski definition) is 2. The van der Waals surface area contributed by atoms with Crippen molar-refractivity contribution < 1.29 is 4.79 Å². The highest BCUT2D eigenvalue weighted by atomic mass is 16.1. The maximum Gasteiger partial charge on any atom is 0.221 e. The van der Waals surface area contributed by atoms with E-state index in [2.05, 4.69) is 20.6 Å². The second kappa shape index (κ2) is 3.61. The molecule has 2 N–H and O–H groups in total. The van der Waals surface area contributed by atoms with Crippen LogP contribution in [0.15, 0.2) is 18.5 Å². The van der Waals surface area contributed by atoms with Crippen LogP contribution >= 0.6 is 0 Å². The fraction of sp³-hybridized carbons (Fsp3) is 0.545. The van der Waals surface area contributed by atoms with Gasteiger partial charge in [-0.25, -0.2) is 9.97 Å². The highest BCUT2D eigenvalue weighted by Gasteiger charge is 2.48. The van der Waals surface area contributed by atoms with Gasteiger partial charge in [-0.15, -0.1) is 0 Å². The average molecular weight is 218 g/mol. The molecule has 1 aromatic heterocycles. The lowest BCUT2D eigenvalue weighted by Crippen LogP contribution is -2.62. The predicted molar refractivity (Wildman–Crippen MR) is 58.1 cm³/mol. The van der Waals surface area contributed by atoms with Gasteiger partial charge in [-0.05, 0) is 18.9 Å². The van der Waals surface area contributed by atoms with Crippen LogP contribution in [-0.4, -0.2) is 40.4 Å². The molecule has 0 aliphatic carbocycles. The van der Waals surface area contributed by atoms with Gasteiger partial charge in [-0.1, -0.05) is 0 Å². The summed E-state index contributed by atoms with van der Waals surface area (Å²) in [4.78, 5) is 20.4. The molecule has 2 aliphatic rings. The van der Waals surface area contributed by atoms with Crippen LogP contribution in [0, 0.1) is 0 Å². The molecule has 2 unspecified atom stereocenters. The zero-order valence-electron chi connectivity index (χ0n) is 8.94. The summed E-state index contributed by atoms with van der Waals surface area (Å²) in [5.41, 5.74) is -0.468. The third-order valence-electron chi connectivity index (χ3n) is 3.42. The quantitative estimate of drug-likeness (QED) is 0.670. The van der Waals surface area contributed by atoms with E-state index in [1.165, 1.54) is 0 Å². The van der Waals surface area contributed by atoms with Gasteiger partial charge in [0, 0.05) is 31.5 Å². The van der Waals surface area contributed by atoms with Gasteiger partial charge in [0.25, 0.3) is 0 Å². The summed E-state index contributed by atoms with van der Waals surface area (Å²) < 4.78 is 0. The molecule has 2 fully saturated rings. The Bertz CT molecular complexity index is 404. The molecule has 84 valence electrons. The van der Waals surface area contributed by atoms with Crippen molar-refractivity contribution in [2.75, 3.05) is 13.1 Å². The van der Waals surface area contributed by atoms with E-state index < -0.39 is 5.54 Å². The average Bonchev–Trinajstić information content (AvgIpc) is 2.66. The fourth-order valence-electron chi connectivity index (χ4n) is 2.60. The van der Waals surface area contributed by atoms with Crippen molar-refractivity contribution in [3.63, 3.8) is 0 Å². The molecule has 1 aromatic rings. The maximum absolute atomic E-state index is 12.4. The maximum atomic E-state index is 12.4. The highest BCUT2D eigenvalue weighted by Crippen LogP contribution is 2.28. The zero-order chi connectivity index (χ0) is 11.0. The Kier molecular flexibility index (Phi) is 2.22. The van der Waals surface area contributed by atoms with E-state index in [9.17, 15) is 4.79 Å². The molecule has 0 amide bonds.